The number of nitrogens with zero attached hydrogens (tertiary/aromatic N) is 1. The molecule has 0 aromatic heterocycles. The molecule has 0 saturated carbocycles. The molecule has 1 heterocycles. The highest BCUT2D eigenvalue weighted by molar-refractivity contribution is 5.76. The Morgan fingerprint density at radius 2 is 2.22 bits per heavy atom. The highest BCUT2D eigenvalue weighted by atomic mass is 16.7. The SMILES string of the molecule is Cc1ccc(OCC(=O)N2CCCCO2)c(C)c1. The first-order chi connectivity index (χ1) is 8.66. The number of rotatable bonds is 3. The molecule has 0 radical (unpaired) electrons. The third-order valence-electron chi connectivity index (χ3n) is 2.96. The minimum atomic E-state index is -0.116. The van der Waals surface area contributed by atoms with E-state index in [1.807, 2.05) is 32.0 Å². The van der Waals surface area contributed by atoms with Gasteiger partial charge in [-0.05, 0) is 38.3 Å². The molecule has 0 unspecified atom stereocenters. The Labute approximate surface area is 107 Å². The number of amides is 1. The molecular weight excluding hydrogens is 230 g/mol. The monoisotopic (exact) mass is 249 g/mol. The van der Waals surface area contributed by atoms with Crippen LogP contribution in [0.15, 0.2) is 18.2 Å². The number of carbonyl (C=O) groups excluding carboxylic acids is 1. The van der Waals surface area contributed by atoms with E-state index in [0.29, 0.717) is 13.2 Å². The molecule has 0 atom stereocenters. The zero-order valence-corrected chi connectivity index (χ0v) is 10.9. The molecule has 4 nitrogen and oxygen atoms in total. The number of ether oxygens (including phenoxy) is 1. The summed E-state index contributed by atoms with van der Waals surface area (Å²) in [5.74, 6) is 0.639. The van der Waals surface area contributed by atoms with Crippen LogP contribution >= 0.6 is 0 Å². The number of benzene rings is 1. The molecule has 1 amide bonds. The van der Waals surface area contributed by atoms with E-state index in [1.165, 1.54) is 10.6 Å². The van der Waals surface area contributed by atoms with E-state index < -0.39 is 0 Å². The Morgan fingerprint density at radius 3 is 2.89 bits per heavy atom. The van der Waals surface area contributed by atoms with Crippen LogP contribution in [0.1, 0.15) is 24.0 Å². The Kier molecular flexibility index (Phi) is 4.20. The van der Waals surface area contributed by atoms with Crippen molar-refractivity contribution in [3.8, 4) is 5.75 Å². The van der Waals surface area contributed by atoms with Crippen LogP contribution in [0.2, 0.25) is 0 Å². The summed E-state index contributed by atoms with van der Waals surface area (Å²) >= 11 is 0. The van der Waals surface area contributed by atoms with Crippen LogP contribution in [0.3, 0.4) is 0 Å². The second kappa shape index (κ2) is 5.87. The lowest BCUT2D eigenvalue weighted by Gasteiger charge is -2.25. The van der Waals surface area contributed by atoms with Gasteiger partial charge in [-0.1, -0.05) is 17.7 Å². The van der Waals surface area contributed by atoms with Gasteiger partial charge in [0.05, 0.1) is 6.61 Å². The lowest BCUT2D eigenvalue weighted by Crippen LogP contribution is -2.38. The van der Waals surface area contributed by atoms with Crippen LogP contribution in [-0.2, 0) is 9.63 Å². The summed E-state index contributed by atoms with van der Waals surface area (Å²) in [5.41, 5.74) is 2.23. The quantitative estimate of drug-likeness (QED) is 0.824. The van der Waals surface area contributed by atoms with Crippen molar-refractivity contribution in [2.45, 2.75) is 26.7 Å². The molecule has 4 heteroatoms. The van der Waals surface area contributed by atoms with Gasteiger partial charge in [0.25, 0.3) is 5.91 Å². The molecule has 0 bridgehead atoms. The van der Waals surface area contributed by atoms with Crippen molar-refractivity contribution < 1.29 is 14.4 Å². The summed E-state index contributed by atoms with van der Waals surface area (Å²) in [7, 11) is 0. The van der Waals surface area contributed by atoms with Gasteiger partial charge in [0.15, 0.2) is 6.61 Å². The van der Waals surface area contributed by atoms with E-state index in [2.05, 4.69) is 0 Å². The van der Waals surface area contributed by atoms with E-state index in [4.69, 9.17) is 9.57 Å². The van der Waals surface area contributed by atoms with Gasteiger partial charge in [0.1, 0.15) is 5.75 Å². The van der Waals surface area contributed by atoms with Crippen LogP contribution in [0.25, 0.3) is 0 Å². The Balaban J connectivity index is 1.88. The summed E-state index contributed by atoms with van der Waals surface area (Å²) in [6.07, 6.45) is 2.01. The smallest absolute Gasteiger partial charge is 0.283 e. The van der Waals surface area contributed by atoms with Crippen molar-refractivity contribution in [2.75, 3.05) is 19.8 Å². The van der Waals surface area contributed by atoms with E-state index >= 15 is 0 Å². The summed E-state index contributed by atoms with van der Waals surface area (Å²) in [6, 6.07) is 5.91. The van der Waals surface area contributed by atoms with Gasteiger partial charge in [-0.25, -0.2) is 5.06 Å². The zero-order valence-electron chi connectivity index (χ0n) is 10.9. The first-order valence-corrected chi connectivity index (χ1v) is 6.30. The summed E-state index contributed by atoms with van der Waals surface area (Å²) in [4.78, 5) is 17.1. The van der Waals surface area contributed by atoms with Crippen molar-refractivity contribution in [3.05, 3.63) is 29.3 Å². The first-order valence-electron chi connectivity index (χ1n) is 6.30. The van der Waals surface area contributed by atoms with Gasteiger partial charge >= 0.3 is 0 Å². The number of aryl methyl sites for hydroxylation is 2. The molecule has 1 aromatic rings. The largest absolute Gasteiger partial charge is 0.483 e. The average molecular weight is 249 g/mol. The van der Waals surface area contributed by atoms with Gasteiger partial charge < -0.3 is 4.74 Å². The molecule has 1 fully saturated rings. The first kappa shape index (κ1) is 12.9. The topological polar surface area (TPSA) is 38.8 Å². The van der Waals surface area contributed by atoms with E-state index in [1.54, 1.807) is 0 Å². The normalized spacial score (nSPS) is 15.6. The van der Waals surface area contributed by atoms with Crippen LogP contribution < -0.4 is 4.74 Å². The molecule has 0 N–H and O–H groups in total. The fourth-order valence-corrected chi connectivity index (χ4v) is 1.97. The number of hydroxylamine groups is 2. The maximum Gasteiger partial charge on any atom is 0.283 e. The van der Waals surface area contributed by atoms with Crippen LogP contribution in [-0.4, -0.2) is 30.7 Å². The lowest BCUT2D eigenvalue weighted by atomic mass is 10.1. The van der Waals surface area contributed by atoms with Gasteiger partial charge in [-0.2, -0.15) is 0 Å². The van der Waals surface area contributed by atoms with E-state index in [-0.39, 0.29) is 12.5 Å². The number of hydrogen-bond donors (Lipinski definition) is 0. The molecule has 0 spiro atoms. The maximum atomic E-state index is 11.8. The van der Waals surface area contributed by atoms with Crippen LogP contribution in [0.5, 0.6) is 5.75 Å². The highest BCUT2D eigenvalue weighted by Gasteiger charge is 2.18. The third-order valence-corrected chi connectivity index (χ3v) is 2.96. The fraction of sp³-hybridized carbons (Fsp3) is 0.500. The third kappa shape index (κ3) is 3.23. The van der Waals surface area contributed by atoms with E-state index in [0.717, 1.165) is 24.2 Å². The molecular formula is C14H19NO3. The minimum Gasteiger partial charge on any atom is -0.483 e. The van der Waals surface area contributed by atoms with E-state index in [9.17, 15) is 4.79 Å². The highest BCUT2D eigenvalue weighted by Crippen LogP contribution is 2.18. The molecule has 0 aliphatic carbocycles. The molecule has 1 aromatic carbocycles. The zero-order chi connectivity index (χ0) is 13.0. The molecule has 18 heavy (non-hydrogen) atoms. The summed E-state index contributed by atoms with van der Waals surface area (Å²) in [6.45, 7) is 5.32. The number of hydrogen-bond acceptors (Lipinski definition) is 3. The van der Waals surface area contributed by atoms with Gasteiger partial charge in [0.2, 0.25) is 0 Å². The molecule has 1 aliphatic rings. The van der Waals surface area contributed by atoms with Crippen molar-refractivity contribution in [3.63, 3.8) is 0 Å². The second-order valence-corrected chi connectivity index (χ2v) is 4.59. The van der Waals surface area contributed by atoms with Crippen molar-refractivity contribution in [1.82, 2.24) is 5.06 Å². The van der Waals surface area contributed by atoms with Gasteiger partial charge in [-0.15, -0.1) is 0 Å². The fourth-order valence-electron chi connectivity index (χ4n) is 1.97. The second-order valence-electron chi connectivity index (χ2n) is 4.59. The van der Waals surface area contributed by atoms with Crippen molar-refractivity contribution in [2.24, 2.45) is 0 Å². The standard InChI is InChI=1S/C14H19NO3/c1-11-5-6-13(12(2)9-11)17-10-14(16)15-7-3-4-8-18-15/h5-6,9H,3-4,7-8,10H2,1-2H3. The predicted octanol–water partition coefficient (Wildman–Crippen LogP) is 2.24. The Bertz CT molecular complexity index is 425. The molecule has 1 aliphatic heterocycles. The minimum absolute atomic E-state index is 0.0316. The van der Waals surface area contributed by atoms with Gasteiger partial charge in [-0.3, -0.25) is 9.63 Å². The Morgan fingerprint density at radius 1 is 1.39 bits per heavy atom. The lowest BCUT2D eigenvalue weighted by molar-refractivity contribution is -0.198. The van der Waals surface area contributed by atoms with Gasteiger partial charge in [0, 0.05) is 6.54 Å². The maximum absolute atomic E-state index is 11.8. The van der Waals surface area contributed by atoms with Crippen LogP contribution in [0, 0.1) is 13.8 Å². The predicted molar refractivity (Wildman–Crippen MR) is 68.3 cm³/mol. The summed E-state index contributed by atoms with van der Waals surface area (Å²) in [5, 5.41) is 1.41. The number of carbonyl (C=O) groups is 1. The molecule has 2 rings (SSSR count). The summed E-state index contributed by atoms with van der Waals surface area (Å²) < 4.78 is 5.54. The Hall–Kier alpha value is -1.55. The van der Waals surface area contributed by atoms with Crippen LogP contribution in [0.4, 0.5) is 0 Å². The van der Waals surface area contributed by atoms with Crippen molar-refractivity contribution >= 4 is 5.91 Å². The van der Waals surface area contributed by atoms with Crippen molar-refractivity contribution in [1.29, 1.82) is 0 Å². The average Bonchev–Trinajstić information content (AvgIpc) is 2.38. The molecule has 98 valence electrons. The molecule has 1 saturated heterocycles.